The van der Waals surface area contributed by atoms with Crippen LogP contribution in [-0.2, 0) is 20.5 Å². The van der Waals surface area contributed by atoms with Crippen molar-refractivity contribution in [3.8, 4) is 0 Å². The van der Waals surface area contributed by atoms with Gasteiger partial charge >= 0.3 is 7.12 Å². The molecule has 1 saturated heterocycles. The molecule has 3 aliphatic carbocycles. The van der Waals surface area contributed by atoms with Crippen LogP contribution in [0.25, 0.3) is 0 Å². The molecule has 2 bridgehead atoms. The Morgan fingerprint density at radius 1 is 1.08 bits per heavy atom. The number of aryl methyl sites for hydroxylation is 1. The number of carbonyl (C=O) groups is 2. The fourth-order valence-corrected chi connectivity index (χ4v) is 6.75. The van der Waals surface area contributed by atoms with E-state index < -0.39 is 18.6 Å². The van der Waals surface area contributed by atoms with Crippen LogP contribution in [0.5, 0.6) is 0 Å². The summed E-state index contributed by atoms with van der Waals surface area (Å²) in [7, 11) is -0.576. The summed E-state index contributed by atoms with van der Waals surface area (Å²) in [6.45, 7) is 12.3. The fourth-order valence-electron chi connectivity index (χ4n) is 6.63. The van der Waals surface area contributed by atoms with Crippen molar-refractivity contribution >= 4 is 30.5 Å². The Hall–Kier alpha value is -2.35. The first-order valence-corrected chi connectivity index (χ1v) is 14.0. The predicted octanol–water partition coefficient (Wildman–Crippen LogP) is 5.15. The second-order valence-corrected chi connectivity index (χ2v) is 13.1. The van der Waals surface area contributed by atoms with Crippen molar-refractivity contribution in [2.75, 3.05) is 0 Å². The van der Waals surface area contributed by atoms with Crippen LogP contribution in [0.4, 0.5) is 0 Å². The Morgan fingerprint density at radius 2 is 1.74 bits per heavy atom. The maximum absolute atomic E-state index is 13.6. The van der Waals surface area contributed by atoms with Gasteiger partial charge in [0.25, 0.3) is 5.91 Å². The molecule has 3 saturated carbocycles. The van der Waals surface area contributed by atoms with Gasteiger partial charge in [-0.3, -0.25) is 9.59 Å². The summed E-state index contributed by atoms with van der Waals surface area (Å²) in [6.07, 6.45) is 2.71. The summed E-state index contributed by atoms with van der Waals surface area (Å²) in [5.74, 6) is 0.00824. The van der Waals surface area contributed by atoms with Gasteiger partial charge in [0.15, 0.2) is 0 Å². The van der Waals surface area contributed by atoms with Crippen molar-refractivity contribution < 1.29 is 18.9 Å². The maximum atomic E-state index is 13.6. The van der Waals surface area contributed by atoms with Crippen molar-refractivity contribution in [1.82, 2.24) is 10.6 Å². The Labute approximate surface area is 231 Å². The summed E-state index contributed by atoms with van der Waals surface area (Å²) < 4.78 is 13.3. The Morgan fingerprint density at radius 3 is 2.37 bits per heavy atom. The Balaban J connectivity index is 1.34. The molecule has 0 spiro atoms. The largest absolute Gasteiger partial charge is 0.482 e. The predicted molar refractivity (Wildman–Crippen MR) is 150 cm³/mol. The number of benzene rings is 2. The Kier molecular flexibility index (Phi) is 6.94. The topological polar surface area (TPSA) is 76.7 Å². The Bertz CT molecular complexity index is 1220. The van der Waals surface area contributed by atoms with Crippen LogP contribution in [0, 0.1) is 24.2 Å². The zero-order valence-electron chi connectivity index (χ0n) is 23.1. The molecule has 2 aromatic carbocycles. The molecule has 2 amide bonds. The minimum atomic E-state index is -1.17. The van der Waals surface area contributed by atoms with Crippen LogP contribution in [0.1, 0.15) is 68.9 Å². The van der Waals surface area contributed by atoms with Crippen LogP contribution in [-0.4, -0.2) is 42.1 Å². The first-order valence-electron chi connectivity index (χ1n) is 13.6. The molecule has 6 nitrogen and oxygen atoms in total. The summed E-state index contributed by atoms with van der Waals surface area (Å²) >= 11 is 5.96. The molecule has 6 rings (SSSR count). The van der Waals surface area contributed by atoms with E-state index in [0.717, 1.165) is 18.4 Å². The van der Waals surface area contributed by atoms with Crippen molar-refractivity contribution in [3.05, 3.63) is 70.2 Å². The molecular formula is C30H38BClN2O4. The van der Waals surface area contributed by atoms with Gasteiger partial charge in [-0.2, -0.15) is 0 Å². The molecule has 5 atom stereocenters. The van der Waals surface area contributed by atoms with Gasteiger partial charge < -0.3 is 19.9 Å². The number of amides is 2. The molecule has 0 unspecified atom stereocenters. The van der Waals surface area contributed by atoms with E-state index in [9.17, 15) is 9.59 Å². The van der Waals surface area contributed by atoms with E-state index in [1.807, 2.05) is 0 Å². The molecule has 202 valence electrons. The quantitative estimate of drug-likeness (QED) is 0.480. The normalized spacial score (nSPS) is 28.2. The van der Waals surface area contributed by atoms with Gasteiger partial charge in [-0.1, -0.05) is 55.3 Å². The highest BCUT2D eigenvalue weighted by atomic mass is 35.5. The number of halogens is 1. The number of carbonyl (C=O) groups excluding carboxylic acids is 2. The van der Waals surface area contributed by atoms with Gasteiger partial charge in [-0.25, -0.2) is 0 Å². The molecule has 1 aliphatic heterocycles. The lowest BCUT2D eigenvalue weighted by atomic mass is 9.43. The minimum absolute atomic E-state index is 0.0133. The zero-order valence-corrected chi connectivity index (χ0v) is 23.9. The minimum Gasteiger partial charge on any atom is -0.404 e. The molecule has 2 N–H and O–H groups in total. The first kappa shape index (κ1) is 27.2. The highest BCUT2D eigenvalue weighted by molar-refractivity contribution is 6.48. The van der Waals surface area contributed by atoms with Crippen molar-refractivity contribution in [2.45, 2.75) is 84.0 Å². The average molecular weight is 537 g/mol. The molecule has 4 aliphatic rings. The first-order chi connectivity index (χ1) is 17.8. The molecule has 38 heavy (non-hydrogen) atoms. The van der Waals surface area contributed by atoms with Crippen molar-refractivity contribution in [2.24, 2.45) is 17.3 Å². The van der Waals surface area contributed by atoms with Gasteiger partial charge in [-0.05, 0) is 94.0 Å². The van der Waals surface area contributed by atoms with Crippen LogP contribution >= 0.6 is 11.6 Å². The third-order valence-corrected chi connectivity index (χ3v) is 9.54. The van der Waals surface area contributed by atoms with E-state index in [1.165, 1.54) is 5.56 Å². The van der Waals surface area contributed by atoms with E-state index in [1.54, 1.807) is 38.1 Å². The molecule has 0 radical (unpaired) electrons. The molecular weight excluding hydrogens is 499 g/mol. The second-order valence-electron chi connectivity index (χ2n) is 12.7. The molecule has 0 aromatic heterocycles. The van der Waals surface area contributed by atoms with E-state index in [-0.39, 0.29) is 28.9 Å². The van der Waals surface area contributed by atoms with Crippen LogP contribution in [0.3, 0.4) is 0 Å². The lowest BCUT2D eigenvalue weighted by Crippen LogP contribution is -2.65. The average Bonchev–Trinajstić information content (AvgIpc) is 3.22. The number of hydrogen-bond acceptors (Lipinski definition) is 4. The number of rotatable bonds is 7. The van der Waals surface area contributed by atoms with E-state index >= 15 is 0 Å². The second kappa shape index (κ2) is 9.69. The fraction of sp³-hybridized carbons (Fsp3) is 0.533. The zero-order chi connectivity index (χ0) is 27.5. The van der Waals surface area contributed by atoms with E-state index in [4.69, 9.17) is 20.9 Å². The summed E-state index contributed by atoms with van der Waals surface area (Å²) in [4.78, 5) is 26.5. The van der Waals surface area contributed by atoms with Gasteiger partial charge in [-0.15, -0.1) is 0 Å². The summed E-state index contributed by atoms with van der Waals surface area (Å²) in [5, 5.41) is 6.59. The van der Waals surface area contributed by atoms with E-state index in [2.05, 4.69) is 62.6 Å². The maximum Gasteiger partial charge on any atom is 0.482 e. The number of hydrogen-bond donors (Lipinski definition) is 2. The summed E-state index contributed by atoms with van der Waals surface area (Å²) in [5.41, 5.74) is 1.38. The van der Waals surface area contributed by atoms with Crippen LogP contribution in [0.15, 0.2) is 48.5 Å². The number of nitrogens with one attached hydrogen (secondary N) is 2. The SMILES string of the molecule is Cc1ccc(C[C@H](NC(=O)C(C)(C)NC(=O)c2ccc(Cl)cc2)B2O[C@@H]3C[C@@H]4C[C@@H](C4(C)C)[C@]3(C)O2)cc1. The van der Waals surface area contributed by atoms with Crippen LogP contribution < -0.4 is 10.6 Å². The smallest absolute Gasteiger partial charge is 0.404 e. The monoisotopic (exact) mass is 536 g/mol. The third kappa shape index (κ3) is 4.89. The molecule has 2 aromatic rings. The highest BCUT2D eigenvalue weighted by Crippen LogP contribution is 2.65. The standard InChI is InChI=1S/C30H38BClN2O4/c1-18-7-9-19(10-8-18)15-25(31-37-24-17-21-16-23(28(21,2)3)30(24,6)38-31)33-27(36)29(4,5)34-26(35)20-11-13-22(32)14-12-20/h7-14,21,23-25H,15-17H2,1-6H3,(H,33,36)(H,34,35)/t21-,23-,24+,25-,30-/m0/s1. The molecule has 1 heterocycles. The molecule has 8 heteroatoms. The van der Waals surface area contributed by atoms with Crippen molar-refractivity contribution in [3.63, 3.8) is 0 Å². The van der Waals surface area contributed by atoms with Gasteiger partial charge in [0.05, 0.1) is 17.6 Å². The van der Waals surface area contributed by atoms with Gasteiger partial charge in [0.1, 0.15) is 5.54 Å². The third-order valence-electron chi connectivity index (χ3n) is 9.29. The van der Waals surface area contributed by atoms with Gasteiger partial charge in [0.2, 0.25) is 5.91 Å². The van der Waals surface area contributed by atoms with Crippen LogP contribution in [0.2, 0.25) is 5.02 Å². The van der Waals surface area contributed by atoms with Gasteiger partial charge in [0, 0.05) is 10.6 Å². The highest BCUT2D eigenvalue weighted by Gasteiger charge is 2.68. The lowest BCUT2D eigenvalue weighted by Gasteiger charge is -2.64. The lowest BCUT2D eigenvalue weighted by molar-refractivity contribution is -0.199. The molecule has 4 fully saturated rings. The summed E-state index contributed by atoms with van der Waals surface area (Å²) in [6, 6.07) is 14.9. The van der Waals surface area contributed by atoms with Crippen molar-refractivity contribution in [1.29, 1.82) is 0 Å². The van der Waals surface area contributed by atoms with E-state index in [0.29, 0.717) is 28.8 Å².